The third-order valence-corrected chi connectivity index (χ3v) is 3.23. The fourth-order valence-corrected chi connectivity index (χ4v) is 2.12. The molecule has 0 amide bonds. The van der Waals surface area contributed by atoms with E-state index >= 15 is 0 Å². The Labute approximate surface area is 117 Å². The highest BCUT2D eigenvalue weighted by molar-refractivity contribution is 5.72. The van der Waals surface area contributed by atoms with Gasteiger partial charge in [0.15, 0.2) is 11.5 Å². The second-order valence-electron chi connectivity index (χ2n) is 4.91. The minimum Gasteiger partial charge on any atom is -0.440 e. The molecule has 0 saturated heterocycles. The summed E-state index contributed by atoms with van der Waals surface area (Å²) in [5, 5.41) is 3.40. The minimum atomic E-state index is 0.235. The first-order valence-corrected chi connectivity index (χ1v) is 6.78. The molecule has 0 aliphatic heterocycles. The molecule has 4 nitrogen and oxygen atoms in total. The number of oxazole rings is 1. The fourth-order valence-electron chi connectivity index (χ4n) is 2.12. The number of pyridine rings is 1. The lowest BCUT2D eigenvalue weighted by molar-refractivity contribution is 0.466. The van der Waals surface area contributed by atoms with Crippen LogP contribution in [0, 0.1) is 0 Å². The predicted octanol–water partition coefficient (Wildman–Crippen LogP) is 3.12. The molecule has 102 valence electrons. The molecule has 2 aromatic heterocycles. The Hall–Kier alpha value is -2.20. The molecule has 0 aliphatic carbocycles. The lowest BCUT2D eigenvalue weighted by Crippen LogP contribution is -2.19. The maximum Gasteiger partial charge on any atom is 0.199 e. The number of hydrogen-bond acceptors (Lipinski definition) is 4. The first kappa shape index (κ1) is 12.8. The molecule has 2 heterocycles. The third-order valence-electron chi connectivity index (χ3n) is 3.23. The molecule has 0 saturated carbocycles. The van der Waals surface area contributed by atoms with Crippen LogP contribution in [-0.4, -0.2) is 16.5 Å². The van der Waals surface area contributed by atoms with Gasteiger partial charge in [0.1, 0.15) is 5.52 Å². The van der Waals surface area contributed by atoms with Gasteiger partial charge in [0.05, 0.1) is 0 Å². The Balaban J connectivity index is 1.60. The van der Waals surface area contributed by atoms with Crippen molar-refractivity contribution in [2.24, 2.45) is 0 Å². The van der Waals surface area contributed by atoms with E-state index in [2.05, 4.69) is 28.3 Å². The van der Waals surface area contributed by atoms with Gasteiger partial charge < -0.3 is 9.73 Å². The number of aromatic nitrogens is 2. The molecule has 0 radical (unpaired) electrons. The van der Waals surface area contributed by atoms with Crippen molar-refractivity contribution in [3.63, 3.8) is 0 Å². The summed E-state index contributed by atoms with van der Waals surface area (Å²) in [5.41, 5.74) is 2.94. The first-order valence-electron chi connectivity index (χ1n) is 6.78. The van der Waals surface area contributed by atoms with Gasteiger partial charge in [-0.05, 0) is 23.8 Å². The van der Waals surface area contributed by atoms with Crippen LogP contribution < -0.4 is 5.32 Å². The molecule has 4 heteroatoms. The number of hydrogen-bond donors (Lipinski definition) is 1. The number of rotatable bonds is 5. The highest BCUT2D eigenvalue weighted by Crippen LogP contribution is 2.20. The Morgan fingerprint density at radius 1 is 1.20 bits per heavy atom. The molecule has 1 atom stereocenters. The zero-order valence-corrected chi connectivity index (χ0v) is 11.4. The van der Waals surface area contributed by atoms with Crippen LogP contribution in [0.5, 0.6) is 0 Å². The molecular weight excluding hydrogens is 250 g/mol. The van der Waals surface area contributed by atoms with E-state index in [0.717, 1.165) is 30.1 Å². The predicted molar refractivity (Wildman–Crippen MR) is 78.4 cm³/mol. The van der Waals surface area contributed by atoms with Crippen LogP contribution >= 0.6 is 0 Å². The Morgan fingerprint density at radius 3 is 2.90 bits per heavy atom. The van der Waals surface area contributed by atoms with E-state index in [0.29, 0.717) is 0 Å². The number of nitrogens with zero attached hydrogens (tertiary/aromatic N) is 2. The molecule has 0 fully saturated rings. The molecule has 3 aromatic rings. The van der Waals surface area contributed by atoms with E-state index in [-0.39, 0.29) is 5.92 Å². The number of benzene rings is 1. The molecule has 20 heavy (non-hydrogen) atoms. The Bertz CT molecular complexity index is 645. The van der Waals surface area contributed by atoms with Gasteiger partial charge in [-0.3, -0.25) is 4.98 Å². The molecule has 3 rings (SSSR count). The molecule has 1 N–H and O–H groups in total. The van der Waals surface area contributed by atoms with E-state index in [1.54, 1.807) is 6.20 Å². The normalized spacial score (nSPS) is 12.7. The maximum absolute atomic E-state index is 5.77. The second-order valence-corrected chi connectivity index (χ2v) is 4.91. The van der Waals surface area contributed by atoms with E-state index in [4.69, 9.17) is 4.42 Å². The van der Waals surface area contributed by atoms with E-state index in [1.165, 1.54) is 5.56 Å². The van der Waals surface area contributed by atoms with Crippen molar-refractivity contribution >= 4 is 11.1 Å². The fraction of sp³-hybridized carbons (Fsp3) is 0.250. The minimum absolute atomic E-state index is 0.235. The summed E-state index contributed by atoms with van der Waals surface area (Å²) in [6.07, 6.45) is 3.65. The molecule has 1 aromatic carbocycles. The summed E-state index contributed by atoms with van der Waals surface area (Å²) in [6.45, 7) is 3.74. The van der Waals surface area contributed by atoms with Crippen molar-refractivity contribution in [2.75, 3.05) is 6.54 Å². The lowest BCUT2D eigenvalue weighted by Gasteiger charge is -2.08. The van der Waals surface area contributed by atoms with E-state index in [1.807, 2.05) is 36.5 Å². The van der Waals surface area contributed by atoms with Gasteiger partial charge in [-0.1, -0.05) is 25.1 Å². The highest BCUT2D eigenvalue weighted by atomic mass is 16.3. The number of para-hydroxylation sites is 2. The quantitative estimate of drug-likeness (QED) is 0.771. The van der Waals surface area contributed by atoms with Crippen molar-refractivity contribution in [3.8, 4) is 0 Å². The van der Waals surface area contributed by atoms with Gasteiger partial charge in [-0.2, -0.15) is 0 Å². The van der Waals surface area contributed by atoms with E-state index < -0.39 is 0 Å². The van der Waals surface area contributed by atoms with Crippen LogP contribution in [0.4, 0.5) is 0 Å². The third kappa shape index (κ3) is 2.86. The zero-order valence-electron chi connectivity index (χ0n) is 11.4. The van der Waals surface area contributed by atoms with E-state index in [9.17, 15) is 0 Å². The second kappa shape index (κ2) is 5.84. The Kier molecular flexibility index (Phi) is 3.74. The molecule has 0 aliphatic rings. The maximum atomic E-state index is 5.77. The van der Waals surface area contributed by atoms with Gasteiger partial charge >= 0.3 is 0 Å². The van der Waals surface area contributed by atoms with Crippen molar-refractivity contribution in [2.45, 2.75) is 19.4 Å². The largest absolute Gasteiger partial charge is 0.440 e. The van der Waals surface area contributed by atoms with Crippen molar-refractivity contribution in [1.82, 2.24) is 15.3 Å². The van der Waals surface area contributed by atoms with Crippen LogP contribution in [0.3, 0.4) is 0 Å². The van der Waals surface area contributed by atoms with Crippen LogP contribution in [0.1, 0.15) is 24.3 Å². The monoisotopic (exact) mass is 267 g/mol. The van der Waals surface area contributed by atoms with Crippen LogP contribution in [0.25, 0.3) is 11.1 Å². The summed E-state index contributed by atoms with van der Waals surface area (Å²) in [4.78, 5) is 8.62. The summed E-state index contributed by atoms with van der Waals surface area (Å²) in [7, 11) is 0. The standard InChI is InChI=1S/C16H17N3O/c1-12(9-18-11-13-5-4-8-17-10-13)16-19-14-6-2-3-7-15(14)20-16/h2-8,10,12,18H,9,11H2,1H3/t12-/m1/s1. The van der Waals surface area contributed by atoms with Gasteiger partial charge in [0, 0.05) is 31.4 Å². The summed E-state index contributed by atoms with van der Waals surface area (Å²) in [6, 6.07) is 11.9. The zero-order chi connectivity index (χ0) is 13.8. The molecular formula is C16H17N3O. The number of nitrogens with one attached hydrogen (secondary N) is 1. The topological polar surface area (TPSA) is 51.0 Å². The number of fused-ring (bicyclic) bond motifs is 1. The summed E-state index contributed by atoms with van der Waals surface area (Å²) < 4.78 is 5.77. The molecule has 0 bridgehead atoms. The van der Waals surface area contributed by atoms with Crippen LogP contribution in [0.15, 0.2) is 53.2 Å². The van der Waals surface area contributed by atoms with Crippen molar-refractivity contribution < 1.29 is 4.42 Å². The van der Waals surface area contributed by atoms with Crippen molar-refractivity contribution in [3.05, 3.63) is 60.2 Å². The highest BCUT2D eigenvalue weighted by Gasteiger charge is 2.12. The molecule has 0 unspecified atom stereocenters. The van der Waals surface area contributed by atoms with Crippen molar-refractivity contribution in [1.29, 1.82) is 0 Å². The van der Waals surface area contributed by atoms with Crippen LogP contribution in [-0.2, 0) is 6.54 Å². The van der Waals surface area contributed by atoms with Gasteiger partial charge in [0.25, 0.3) is 0 Å². The van der Waals surface area contributed by atoms with Gasteiger partial charge in [-0.15, -0.1) is 0 Å². The first-order chi connectivity index (χ1) is 9.83. The SMILES string of the molecule is C[C@H](CNCc1cccnc1)c1nc2ccccc2o1. The van der Waals surface area contributed by atoms with Gasteiger partial charge in [0.2, 0.25) is 0 Å². The van der Waals surface area contributed by atoms with Crippen LogP contribution in [0.2, 0.25) is 0 Å². The molecule has 0 spiro atoms. The van der Waals surface area contributed by atoms with Gasteiger partial charge in [-0.25, -0.2) is 4.98 Å². The summed E-state index contributed by atoms with van der Waals surface area (Å²) in [5.74, 6) is 1.02. The smallest absolute Gasteiger partial charge is 0.199 e. The average Bonchev–Trinajstić information content (AvgIpc) is 2.92. The average molecular weight is 267 g/mol. The summed E-state index contributed by atoms with van der Waals surface area (Å²) >= 11 is 0. The lowest BCUT2D eigenvalue weighted by atomic mass is 10.2. The Morgan fingerprint density at radius 2 is 2.10 bits per heavy atom.